The molecular formula is C26H30N4O3. The van der Waals surface area contributed by atoms with Gasteiger partial charge < -0.3 is 18.4 Å². The van der Waals surface area contributed by atoms with Crippen LogP contribution in [0.25, 0.3) is 27.9 Å². The fraction of sp³-hybridized carbons (Fsp3) is 0.385. The van der Waals surface area contributed by atoms with Gasteiger partial charge in [0.2, 0.25) is 0 Å². The van der Waals surface area contributed by atoms with Gasteiger partial charge in [0.05, 0.1) is 11.7 Å². The number of aromatic nitrogens is 2. The SMILES string of the molecule is CC(C)(C)ON=c1cc(-c2cc3cccn3cn2)oc2ccc(OCCN3CCCC3)cc12. The monoisotopic (exact) mass is 446 g/mol. The summed E-state index contributed by atoms with van der Waals surface area (Å²) in [5.41, 5.74) is 2.07. The van der Waals surface area contributed by atoms with E-state index in [-0.39, 0.29) is 0 Å². The Bertz CT molecular complexity index is 1330. The Morgan fingerprint density at radius 3 is 2.76 bits per heavy atom. The van der Waals surface area contributed by atoms with Crippen LogP contribution >= 0.6 is 0 Å². The van der Waals surface area contributed by atoms with Gasteiger partial charge in [-0.05, 0) is 83.1 Å². The molecule has 4 heterocycles. The number of nitrogens with zero attached hydrogens (tertiary/aromatic N) is 4. The summed E-state index contributed by atoms with van der Waals surface area (Å²) in [7, 11) is 0. The van der Waals surface area contributed by atoms with Crippen LogP contribution in [0.15, 0.2) is 64.6 Å². The summed E-state index contributed by atoms with van der Waals surface area (Å²) in [6, 6.07) is 13.7. The van der Waals surface area contributed by atoms with Crippen molar-refractivity contribution in [3.05, 3.63) is 60.3 Å². The van der Waals surface area contributed by atoms with E-state index in [9.17, 15) is 0 Å². The Hall–Kier alpha value is -3.32. The summed E-state index contributed by atoms with van der Waals surface area (Å²) in [4.78, 5) is 12.8. The first kappa shape index (κ1) is 21.5. The standard InChI is InChI=1S/C26H30N4O3/c1-26(2,3)33-28-22-17-25(23-15-19-7-6-12-30(19)18-27-23)32-24-9-8-20(16-21(22)24)31-14-13-29-10-4-5-11-29/h6-9,12,15-18H,4-5,10-11,13-14H2,1-3H3. The molecule has 0 aliphatic carbocycles. The van der Waals surface area contributed by atoms with Crippen LogP contribution in [0.3, 0.4) is 0 Å². The molecule has 1 aliphatic heterocycles. The molecule has 0 N–H and O–H groups in total. The van der Waals surface area contributed by atoms with E-state index in [0.29, 0.717) is 23.3 Å². The number of ether oxygens (including phenoxy) is 1. The van der Waals surface area contributed by atoms with Crippen molar-refractivity contribution in [3.63, 3.8) is 0 Å². The molecule has 5 rings (SSSR count). The smallest absolute Gasteiger partial charge is 0.155 e. The lowest BCUT2D eigenvalue weighted by atomic mass is 10.2. The van der Waals surface area contributed by atoms with Crippen LogP contribution in [0.5, 0.6) is 5.75 Å². The van der Waals surface area contributed by atoms with Crippen molar-refractivity contribution in [2.24, 2.45) is 5.16 Å². The molecule has 0 saturated carbocycles. The third kappa shape index (κ3) is 5.03. The first-order chi connectivity index (χ1) is 15.9. The summed E-state index contributed by atoms with van der Waals surface area (Å²) in [6.45, 7) is 9.86. The van der Waals surface area contributed by atoms with Crippen LogP contribution < -0.4 is 10.1 Å². The highest BCUT2D eigenvalue weighted by molar-refractivity contribution is 5.80. The fourth-order valence-electron chi connectivity index (χ4n) is 4.00. The maximum absolute atomic E-state index is 6.24. The maximum atomic E-state index is 6.24. The predicted molar refractivity (Wildman–Crippen MR) is 128 cm³/mol. The molecule has 1 saturated heterocycles. The Morgan fingerprint density at radius 2 is 1.94 bits per heavy atom. The zero-order valence-corrected chi connectivity index (χ0v) is 19.5. The van der Waals surface area contributed by atoms with E-state index in [0.717, 1.165) is 28.9 Å². The summed E-state index contributed by atoms with van der Waals surface area (Å²) >= 11 is 0. The van der Waals surface area contributed by atoms with Gasteiger partial charge in [-0.2, -0.15) is 0 Å². The second-order valence-corrected chi connectivity index (χ2v) is 9.46. The maximum Gasteiger partial charge on any atom is 0.155 e. The fourth-order valence-corrected chi connectivity index (χ4v) is 4.00. The average molecular weight is 447 g/mol. The Kier molecular flexibility index (Phi) is 5.81. The van der Waals surface area contributed by atoms with Gasteiger partial charge in [-0.1, -0.05) is 5.16 Å². The Balaban J connectivity index is 1.50. The highest BCUT2D eigenvalue weighted by Gasteiger charge is 2.14. The molecule has 0 radical (unpaired) electrons. The van der Waals surface area contributed by atoms with Crippen molar-refractivity contribution < 1.29 is 14.0 Å². The second kappa shape index (κ2) is 8.90. The number of hydrogen-bond donors (Lipinski definition) is 0. The van der Waals surface area contributed by atoms with Crippen LogP contribution in [0.2, 0.25) is 0 Å². The molecule has 0 spiro atoms. The minimum atomic E-state index is -0.410. The molecule has 1 fully saturated rings. The van der Waals surface area contributed by atoms with Crippen LogP contribution in [0.4, 0.5) is 0 Å². The van der Waals surface area contributed by atoms with Crippen molar-refractivity contribution in [3.8, 4) is 17.2 Å². The van der Waals surface area contributed by atoms with Crippen LogP contribution in [-0.4, -0.2) is 46.1 Å². The average Bonchev–Trinajstić information content (AvgIpc) is 3.48. The molecule has 33 heavy (non-hydrogen) atoms. The zero-order valence-electron chi connectivity index (χ0n) is 19.5. The van der Waals surface area contributed by atoms with Crippen LogP contribution in [0, 0.1) is 0 Å². The van der Waals surface area contributed by atoms with Crippen molar-refractivity contribution in [1.82, 2.24) is 14.3 Å². The predicted octanol–water partition coefficient (Wildman–Crippen LogP) is 4.85. The van der Waals surface area contributed by atoms with Gasteiger partial charge in [-0.25, -0.2) is 4.98 Å². The second-order valence-electron chi connectivity index (χ2n) is 9.46. The third-order valence-electron chi connectivity index (χ3n) is 5.68. The van der Waals surface area contributed by atoms with E-state index >= 15 is 0 Å². The van der Waals surface area contributed by atoms with Crippen molar-refractivity contribution in [1.29, 1.82) is 0 Å². The van der Waals surface area contributed by atoms with Crippen LogP contribution in [-0.2, 0) is 4.84 Å². The normalized spacial score (nSPS) is 15.5. The van der Waals surface area contributed by atoms with Gasteiger partial charge in [0.25, 0.3) is 0 Å². The molecule has 4 aromatic rings. The van der Waals surface area contributed by atoms with E-state index < -0.39 is 5.60 Å². The van der Waals surface area contributed by atoms with Gasteiger partial charge in [0, 0.05) is 24.3 Å². The Labute approximate surface area is 193 Å². The van der Waals surface area contributed by atoms with E-state index in [2.05, 4.69) is 15.0 Å². The van der Waals surface area contributed by atoms with Gasteiger partial charge in [0.1, 0.15) is 34.6 Å². The highest BCUT2D eigenvalue weighted by atomic mass is 16.6. The van der Waals surface area contributed by atoms with Gasteiger partial charge >= 0.3 is 0 Å². The quantitative estimate of drug-likeness (QED) is 0.396. The van der Waals surface area contributed by atoms with Crippen LogP contribution in [0.1, 0.15) is 33.6 Å². The lowest BCUT2D eigenvalue weighted by Gasteiger charge is -2.16. The van der Waals surface area contributed by atoms with E-state index in [1.165, 1.54) is 25.9 Å². The highest BCUT2D eigenvalue weighted by Crippen LogP contribution is 2.25. The van der Waals surface area contributed by atoms with Crippen molar-refractivity contribution in [2.45, 2.75) is 39.2 Å². The number of likely N-dealkylation sites (tertiary alicyclic amines) is 1. The molecule has 1 aromatic carbocycles. The molecule has 172 valence electrons. The summed E-state index contributed by atoms with van der Waals surface area (Å²) in [5.74, 6) is 1.43. The van der Waals surface area contributed by atoms with E-state index in [1.54, 1.807) is 6.33 Å². The topological polar surface area (TPSA) is 64.5 Å². The molecule has 0 bridgehead atoms. The minimum Gasteiger partial charge on any atom is -0.492 e. The largest absolute Gasteiger partial charge is 0.492 e. The molecule has 0 atom stereocenters. The molecule has 0 amide bonds. The zero-order chi connectivity index (χ0) is 22.8. The molecule has 7 heteroatoms. The Morgan fingerprint density at radius 1 is 1.09 bits per heavy atom. The summed E-state index contributed by atoms with van der Waals surface area (Å²) in [6.07, 6.45) is 6.31. The number of benzene rings is 1. The molecule has 7 nitrogen and oxygen atoms in total. The summed E-state index contributed by atoms with van der Waals surface area (Å²) < 4.78 is 14.2. The van der Waals surface area contributed by atoms with E-state index in [4.69, 9.17) is 14.0 Å². The third-order valence-corrected chi connectivity index (χ3v) is 5.68. The molecule has 0 unspecified atom stereocenters. The van der Waals surface area contributed by atoms with Crippen molar-refractivity contribution >= 4 is 16.5 Å². The molecular weight excluding hydrogens is 416 g/mol. The number of rotatable bonds is 6. The lowest BCUT2D eigenvalue weighted by Crippen LogP contribution is -2.25. The first-order valence-corrected chi connectivity index (χ1v) is 11.5. The summed E-state index contributed by atoms with van der Waals surface area (Å²) in [5, 5.41) is 5.99. The van der Waals surface area contributed by atoms with Gasteiger partial charge in [-0.15, -0.1) is 0 Å². The van der Waals surface area contributed by atoms with Crippen molar-refractivity contribution in [2.75, 3.05) is 26.2 Å². The van der Waals surface area contributed by atoms with Gasteiger partial charge in [0.15, 0.2) is 5.76 Å². The van der Waals surface area contributed by atoms with Gasteiger partial charge in [-0.3, -0.25) is 4.90 Å². The number of hydrogen-bond acceptors (Lipinski definition) is 6. The molecule has 1 aliphatic rings. The first-order valence-electron chi connectivity index (χ1n) is 11.5. The lowest BCUT2D eigenvalue weighted by molar-refractivity contribution is -0.00585. The number of fused-ring (bicyclic) bond motifs is 2. The minimum absolute atomic E-state index is 0.410. The van der Waals surface area contributed by atoms with E-state index in [1.807, 2.05) is 73.8 Å². The molecule has 3 aromatic heterocycles.